The summed E-state index contributed by atoms with van der Waals surface area (Å²) < 4.78 is 5.55. The van der Waals surface area contributed by atoms with E-state index in [4.69, 9.17) is 4.74 Å². The Hall–Kier alpha value is -1.83. The number of hydrogen-bond donors (Lipinski definition) is 2. The molecule has 2 N–H and O–H groups in total. The topological polar surface area (TPSA) is 58.5 Å². The second kappa shape index (κ2) is 10.9. The van der Waals surface area contributed by atoms with Gasteiger partial charge in [-0.2, -0.15) is 0 Å². The molecule has 1 aromatic carbocycles. The number of aryl methyl sites for hydroxylation is 1. The van der Waals surface area contributed by atoms with Crippen molar-refractivity contribution in [2.75, 3.05) is 7.05 Å². The van der Waals surface area contributed by atoms with Crippen molar-refractivity contribution in [3.8, 4) is 5.88 Å². The summed E-state index contributed by atoms with van der Waals surface area (Å²) in [6.45, 7) is 7.48. The highest BCUT2D eigenvalue weighted by Gasteiger charge is 2.03. The molecule has 1 aromatic heterocycles. The molecule has 0 aliphatic rings. The number of pyridine rings is 1. The van der Waals surface area contributed by atoms with Gasteiger partial charge in [0.1, 0.15) is 0 Å². The fourth-order valence-corrected chi connectivity index (χ4v) is 2.22. The molecule has 0 radical (unpaired) electrons. The van der Waals surface area contributed by atoms with E-state index in [1.54, 1.807) is 7.05 Å². The number of benzene rings is 1. The van der Waals surface area contributed by atoms with E-state index in [9.17, 15) is 0 Å². The molecule has 5 nitrogen and oxygen atoms in total. The maximum atomic E-state index is 5.55. The molecule has 0 fully saturated rings. The quantitative estimate of drug-likeness (QED) is 0.398. The van der Waals surface area contributed by atoms with Gasteiger partial charge in [-0.1, -0.05) is 30.3 Å². The van der Waals surface area contributed by atoms with E-state index in [0.29, 0.717) is 12.4 Å². The first-order valence-electron chi connectivity index (χ1n) is 8.19. The highest BCUT2D eigenvalue weighted by Crippen LogP contribution is 2.09. The van der Waals surface area contributed by atoms with Crippen LogP contribution in [0.4, 0.5) is 0 Å². The minimum Gasteiger partial charge on any atom is -0.475 e. The van der Waals surface area contributed by atoms with Crippen molar-refractivity contribution in [3.63, 3.8) is 0 Å². The Morgan fingerprint density at radius 3 is 2.44 bits per heavy atom. The molecule has 0 spiro atoms. The van der Waals surface area contributed by atoms with Crippen molar-refractivity contribution in [3.05, 3.63) is 59.3 Å². The first-order chi connectivity index (χ1) is 11.6. The van der Waals surface area contributed by atoms with Gasteiger partial charge in [0.15, 0.2) is 5.96 Å². The standard InChI is InChI=1S/C19H26N4O.HI/c1-14(2)24-18-10-9-16(11-21-18)12-22-19(20-4)23-13-17-8-6-5-7-15(17)3;/h5-11,14H,12-13H2,1-4H3,(H2,20,22,23);1H. The fraction of sp³-hybridized carbons (Fsp3) is 0.368. The molecule has 0 saturated heterocycles. The normalized spacial score (nSPS) is 11.0. The highest BCUT2D eigenvalue weighted by molar-refractivity contribution is 14.0. The van der Waals surface area contributed by atoms with Gasteiger partial charge in [0.05, 0.1) is 6.10 Å². The summed E-state index contributed by atoms with van der Waals surface area (Å²) in [5.74, 6) is 1.41. The van der Waals surface area contributed by atoms with E-state index in [2.05, 4.69) is 39.7 Å². The molecule has 2 aromatic rings. The van der Waals surface area contributed by atoms with E-state index in [1.165, 1.54) is 11.1 Å². The Morgan fingerprint density at radius 1 is 1.12 bits per heavy atom. The highest BCUT2D eigenvalue weighted by atomic mass is 127. The number of nitrogens with zero attached hydrogens (tertiary/aromatic N) is 2. The molecule has 0 unspecified atom stereocenters. The van der Waals surface area contributed by atoms with E-state index in [0.717, 1.165) is 18.1 Å². The second-order valence-corrected chi connectivity index (χ2v) is 5.88. The molecule has 0 amide bonds. The van der Waals surface area contributed by atoms with Crippen LogP contribution in [0.2, 0.25) is 0 Å². The SMILES string of the molecule is CN=C(NCc1ccc(OC(C)C)nc1)NCc1ccccc1C.I. The Balaban J connectivity index is 0.00000312. The van der Waals surface area contributed by atoms with Gasteiger partial charge in [-0.3, -0.25) is 4.99 Å². The van der Waals surface area contributed by atoms with E-state index in [1.807, 2.05) is 44.3 Å². The zero-order valence-electron chi connectivity index (χ0n) is 15.2. The lowest BCUT2D eigenvalue weighted by molar-refractivity contribution is 0.232. The molecule has 0 bridgehead atoms. The largest absolute Gasteiger partial charge is 0.475 e. The van der Waals surface area contributed by atoms with Crippen LogP contribution in [0.15, 0.2) is 47.6 Å². The van der Waals surface area contributed by atoms with E-state index < -0.39 is 0 Å². The molecule has 0 aliphatic heterocycles. The maximum absolute atomic E-state index is 5.55. The average molecular weight is 454 g/mol. The third kappa shape index (κ3) is 7.29. The van der Waals surface area contributed by atoms with Gasteiger partial charge in [-0.05, 0) is 37.5 Å². The smallest absolute Gasteiger partial charge is 0.213 e. The molecule has 0 aliphatic carbocycles. The van der Waals surface area contributed by atoms with Crippen LogP contribution in [0.25, 0.3) is 0 Å². The Bertz CT molecular complexity index is 671. The number of guanidine groups is 1. The molecule has 0 atom stereocenters. The van der Waals surface area contributed by atoms with Crippen LogP contribution >= 0.6 is 24.0 Å². The predicted molar refractivity (Wildman–Crippen MR) is 114 cm³/mol. The number of aliphatic imine (C=N–C) groups is 1. The number of ether oxygens (including phenoxy) is 1. The van der Waals surface area contributed by atoms with Crippen LogP contribution in [-0.4, -0.2) is 24.1 Å². The molecule has 136 valence electrons. The summed E-state index contributed by atoms with van der Waals surface area (Å²) in [6.07, 6.45) is 1.95. The van der Waals surface area contributed by atoms with Crippen molar-refractivity contribution >= 4 is 29.9 Å². The fourth-order valence-electron chi connectivity index (χ4n) is 2.22. The molecule has 2 rings (SSSR count). The van der Waals surface area contributed by atoms with Gasteiger partial charge in [0.2, 0.25) is 5.88 Å². The van der Waals surface area contributed by atoms with Gasteiger partial charge in [-0.25, -0.2) is 4.98 Å². The monoisotopic (exact) mass is 454 g/mol. The number of rotatable bonds is 6. The summed E-state index contributed by atoms with van der Waals surface area (Å²) in [7, 11) is 1.77. The van der Waals surface area contributed by atoms with Gasteiger partial charge >= 0.3 is 0 Å². The first kappa shape index (κ1) is 21.2. The molecule has 1 heterocycles. The number of aromatic nitrogens is 1. The Morgan fingerprint density at radius 2 is 1.84 bits per heavy atom. The number of halogens is 1. The van der Waals surface area contributed by atoms with Crippen LogP contribution < -0.4 is 15.4 Å². The molecule has 6 heteroatoms. The Kier molecular flexibility index (Phi) is 9.26. The minimum absolute atomic E-state index is 0. The number of nitrogens with one attached hydrogen (secondary N) is 2. The molecule has 25 heavy (non-hydrogen) atoms. The van der Waals surface area contributed by atoms with Crippen LogP contribution in [-0.2, 0) is 13.1 Å². The summed E-state index contributed by atoms with van der Waals surface area (Å²) in [5.41, 5.74) is 3.60. The lowest BCUT2D eigenvalue weighted by Crippen LogP contribution is -2.36. The Labute approximate surface area is 167 Å². The third-order valence-corrected chi connectivity index (χ3v) is 3.55. The molecule has 0 saturated carbocycles. The van der Waals surface area contributed by atoms with Gasteiger partial charge in [-0.15, -0.1) is 24.0 Å². The van der Waals surface area contributed by atoms with Crippen molar-refractivity contribution in [2.45, 2.75) is 40.0 Å². The predicted octanol–water partition coefficient (Wildman–Crippen LogP) is 3.66. The van der Waals surface area contributed by atoms with Crippen LogP contribution in [0.5, 0.6) is 5.88 Å². The molecular weight excluding hydrogens is 427 g/mol. The first-order valence-corrected chi connectivity index (χ1v) is 8.19. The van der Waals surface area contributed by atoms with E-state index in [-0.39, 0.29) is 30.1 Å². The second-order valence-electron chi connectivity index (χ2n) is 5.88. The van der Waals surface area contributed by atoms with Crippen LogP contribution in [0.1, 0.15) is 30.5 Å². The van der Waals surface area contributed by atoms with E-state index >= 15 is 0 Å². The molecular formula is C19H27IN4O. The maximum Gasteiger partial charge on any atom is 0.213 e. The summed E-state index contributed by atoms with van der Waals surface area (Å²) in [4.78, 5) is 8.56. The van der Waals surface area contributed by atoms with Gasteiger partial charge < -0.3 is 15.4 Å². The summed E-state index contributed by atoms with van der Waals surface area (Å²) >= 11 is 0. The van der Waals surface area contributed by atoms with Gasteiger partial charge in [0, 0.05) is 32.4 Å². The average Bonchev–Trinajstić information content (AvgIpc) is 2.57. The van der Waals surface area contributed by atoms with Crippen molar-refractivity contribution < 1.29 is 4.74 Å². The van der Waals surface area contributed by atoms with Crippen molar-refractivity contribution in [1.29, 1.82) is 0 Å². The third-order valence-electron chi connectivity index (χ3n) is 3.55. The lowest BCUT2D eigenvalue weighted by atomic mass is 10.1. The lowest BCUT2D eigenvalue weighted by Gasteiger charge is -2.13. The zero-order chi connectivity index (χ0) is 17.4. The number of hydrogen-bond acceptors (Lipinski definition) is 3. The van der Waals surface area contributed by atoms with Crippen molar-refractivity contribution in [1.82, 2.24) is 15.6 Å². The van der Waals surface area contributed by atoms with Crippen LogP contribution in [0.3, 0.4) is 0 Å². The summed E-state index contributed by atoms with van der Waals surface area (Å²) in [5, 5.41) is 6.62. The van der Waals surface area contributed by atoms with Gasteiger partial charge in [0.25, 0.3) is 0 Å². The van der Waals surface area contributed by atoms with Crippen LogP contribution in [0, 0.1) is 6.92 Å². The van der Waals surface area contributed by atoms with Crippen molar-refractivity contribution in [2.24, 2.45) is 4.99 Å². The summed E-state index contributed by atoms with van der Waals surface area (Å²) in [6, 6.07) is 12.2. The minimum atomic E-state index is 0. The zero-order valence-corrected chi connectivity index (χ0v) is 17.6.